The van der Waals surface area contributed by atoms with Crippen LogP contribution >= 0.6 is 0 Å². The molecule has 0 spiro atoms. The van der Waals surface area contributed by atoms with E-state index in [1.807, 2.05) is 6.92 Å². The van der Waals surface area contributed by atoms with Crippen LogP contribution in [0.1, 0.15) is 24.2 Å². The molecule has 1 fully saturated rings. The Morgan fingerprint density at radius 1 is 1.17 bits per heavy atom. The number of aryl methyl sites for hydroxylation is 1. The number of carbonyl (C=O) groups excluding carboxylic acids is 1. The largest absolute Gasteiger partial charge is 0.467 e. The van der Waals surface area contributed by atoms with Gasteiger partial charge in [-0.15, -0.1) is 0 Å². The molecule has 1 aromatic carbocycles. The number of rotatable bonds is 6. The molecule has 1 aliphatic heterocycles. The van der Waals surface area contributed by atoms with Crippen molar-refractivity contribution in [1.82, 2.24) is 9.21 Å². The lowest BCUT2D eigenvalue weighted by atomic mass is 9.96. The highest BCUT2D eigenvalue weighted by Gasteiger charge is 2.38. The summed E-state index contributed by atoms with van der Waals surface area (Å²) >= 11 is 0. The van der Waals surface area contributed by atoms with E-state index in [0.29, 0.717) is 0 Å². The first-order valence-electron chi connectivity index (χ1n) is 9.51. The lowest BCUT2D eigenvalue weighted by Crippen LogP contribution is -2.46. The van der Waals surface area contributed by atoms with Gasteiger partial charge in [-0.2, -0.15) is 17.5 Å². The summed E-state index contributed by atoms with van der Waals surface area (Å²) in [5.74, 6) is -1.06. The molecule has 0 N–H and O–H groups in total. The number of piperidine rings is 1. The Hall–Kier alpha value is -2.33. The van der Waals surface area contributed by atoms with Crippen LogP contribution in [0.3, 0.4) is 0 Å². The second-order valence-corrected chi connectivity index (χ2v) is 9.32. The van der Waals surface area contributed by atoms with E-state index in [0.717, 1.165) is 10.5 Å². The normalized spacial score (nSPS) is 16.5. The first-order chi connectivity index (χ1) is 14.1. The van der Waals surface area contributed by atoms with Gasteiger partial charge in [0.15, 0.2) is 0 Å². The third kappa shape index (κ3) is 5.42. The molecule has 0 bridgehead atoms. The Kier molecular flexibility index (Phi) is 6.56. The second-order valence-electron chi connectivity index (χ2n) is 7.38. The summed E-state index contributed by atoms with van der Waals surface area (Å²) in [5.41, 5.74) is 0.930. The number of benzene rings is 1. The summed E-state index contributed by atoms with van der Waals surface area (Å²) in [6.45, 7) is 0.338. The molecular formula is C20H23F3N2O4S. The van der Waals surface area contributed by atoms with Gasteiger partial charge in [0, 0.05) is 19.0 Å². The summed E-state index contributed by atoms with van der Waals surface area (Å²) in [7, 11) is -3.70. The molecule has 1 amide bonds. The minimum atomic E-state index is -4.54. The lowest BCUT2D eigenvalue weighted by Gasteiger charge is -2.33. The maximum absolute atomic E-state index is 13.0. The maximum atomic E-state index is 13.0. The van der Waals surface area contributed by atoms with Gasteiger partial charge in [0.2, 0.25) is 15.9 Å². The highest BCUT2D eigenvalue weighted by molar-refractivity contribution is 7.89. The van der Waals surface area contributed by atoms with Crippen LogP contribution < -0.4 is 0 Å². The van der Waals surface area contributed by atoms with Crippen LogP contribution in [0.25, 0.3) is 0 Å². The van der Waals surface area contributed by atoms with Gasteiger partial charge >= 0.3 is 6.18 Å². The number of halogens is 3. The monoisotopic (exact) mass is 444 g/mol. The van der Waals surface area contributed by atoms with E-state index >= 15 is 0 Å². The summed E-state index contributed by atoms with van der Waals surface area (Å²) < 4.78 is 70.9. The van der Waals surface area contributed by atoms with E-state index in [2.05, 4.69) is 0 Å². The highest BCUT2D eigenvalue weighted by atomic mass is 32.2. The Labute approximate surface area is 173 Å². The van der Waals surface area contributed by atoms with Gasteiger partial charge in [-0.3, -0.25) is 4.79 Å². The third-order valence-electron chi connectivity index (χ3n) is 5.07. The molecule has 2 aromatic rings. The zero-order valence-electron chi connectivity index (χ0n) is 16.4. The molecule has 0 radical (unpaired) electrons. The lowest BCUT2D eigenvalue weighted by molar-refractivity contribution is -0.166. The first kappa shape index (κ1) is 22.4. The number of alkyl halides is 3. The minimum Gasteiger partial charge on any atom is -0.467 e. The topological polar surface area (TPSA) is 70.8 Å². The number of nitrogens with zero attached hydrogens (tertiary/aromatic N) is 2. The SMILES string of the molecule is Cc1ccc(S(=O)(=O)N2CCC(C(=O)N(Cc3ccco3)CC(F)(F)F)CC2)cc1. The molecule has 1 aliphatic rings. The molecule has 0 aliphatic carbocycles. The third-order valence-corrected chi connectivity index (χ3v) is 6.98. The zero-order chi connectivity index (χ0) is 21.9. The van der Waals surface area contributed by atoms with Crippen LogP contribution in [0.4, 0.5) is 13.2 Å². The fourth-order valence-corrected chi connectivity index (χ4v) is 4.95. The van der Waals surface area contributed by atoms with Crippen molar-refractivity contribution in [3.8, 4) is 0 Å². The molecule has 30 heavy (non-hydrogen) atoms. The molecule has 0 saturated carbocycles. The predicted molar refractivity (Wildman–Crippen MR) is 103 cm³/mol. The average Bonchev–Trinajstić information content (AvgIpc) is 3.19. The Bertz CT molecular complexity index is 949. The molecular weight excluding hydrogens is 421 g/mol. The molecule has 164 valence electrons. The van der Waals surface area contributed by atoms with Crippen molar-refractivity contribution in [2.75, 3.05) is 19.6 Å². The van der Waals surface area contributed by atoms with Gasteiger partial charge in [0.25, 0.3) is 0 Å². The number of sulfonamides is 1. The Balaban J connectivity index is 1.67. The molecule has 3 rings (SSSR count). The van der Waals surface area contributed by atoms with Crippen molar-refractivity contribution in [2.24, 2.45) is 5.92 Å². The van der Waals surface area contributed by atoms with Crippen molar-refractivity contribution in [3.05, 3.63) is 54.0 Å². The zero-order valence-corrected chi connectivity index (χ0v) is 17.2. The molecule has 2 heterocycles. The summed E-state index contributed by atoms with van der Waals surface area (Å²) in [5, 5.41) is 0. The molecule has 1 aromatic heterocycles. The fraction of sp³-hybridized carbons (Fsp3) is 0.450. The average molecular weight is 444 g/mol. The van der Waals surface area contributed by atoms with Crippen molar-refractivity contribution in [3.63, 3.8) is 0 Å². The number of amides is 1. The standard InChI is InChI=1S/C20H23F3N2O4S/c1-15-4-6-18(7-5-15)30(27,28)25-10-8-16(9-11-25)19(26)24(14-20(21,22)23)13-17-3-2-12-29-17/h2-7,12,16H,8-11,13-14H2,1H3. The molecule has 0 unspecified atom stereocenters. The van der Waals surface area contributed by atoms with Crippen molar-refractivity contribution >= 4 is 15.9 Å². The van der Waals surface area contributed by atoms with Gasteiger partial charge < -0.3 is 9.32 Å². The number of carbonyl (C=O) groups is 1. The van der Waals surface area contributed by atoms with Crippen LogP contribution in [0, 0.1) is 12.8 Å². The summed E-state index contributed by atoms with van der Waals surface area (Å²) in [4.78, 5) is 13.7. The van der Waals surface area contributed by atoms with Crippen molar-refractivity contribution in [2.45, 2.75) is 37.4 Å². The summed E-state index contributed by atoms with van der Waals surface area (Å²) in [6.07, 6.45) is -2.88. The predicted octanol–water partition coefficient (Wildman–Crippen LogP) is 3.58. The van der Waals surface area contributed by atoms with Crippen molar-refractivity contribution < 1.29 is 30.8 Å². The van der Waals surface area contributed by atoms with E-state index in [1.54, 1.807) is 18.2 Å². The van der Waals surface area contributed by atoms with Gasteiger partial charge in [0.05, 0.1) is 17.7 Å². The van der Waals surface area contributed by atoms with E-state index in [-0.39, 0.29) is 43.1 Å². The fourth-order valence-electron chi connectivity index (χ4n) is 3.48. The summed E-state index contributed by atoms with van der Waals surface area (Å²) in [6, 6.07) is 9.50. The Morgan fingerprint density at radius 2 is 1.80 bits per heavy atom. The van der Waals surface area contributed by atoms with Crippen LogP contribution in [0.15, 0.2) is 52.0 Å². The van der Waals surface area contributed by atoms with Crippen molar-refractivity contribution in [1.29, 1.82) is 0 Å². The second kappa shape index (κ2) is 8.81. The number of furan rings is 1. The molecule has 6 nitrogen and oxygen atoms in total. The van der Waals surface area contributed by atoms with E-state index < -0.39 is 34.6 Å². The van der Waals surface area contributed by atoms with Crippen LogP contribution in [0.5, 0.6) is 0 Å². The van der Waals surface area contributed by atoms with Crippen LogP contribution in [0.2, 0.25) is 0 Å². The number of hydrogen-bond acceptors (Lipinski definition) is 4. The van der Waals surface area contributed by atoms with Crippen LogP contribution in [-0.2, 0) is 21.4 Å². The van der Waals surface area contributed by atoms with E-state index in [1.165, 1.54) is 28.8 Å². The van der Waals surface area contributed by atoms with Gasteiger partial charge in [0.1, 0.15) is 12.3 Å². The van der Waals surface area contributed by atoms with Gasteiger partial charge in [-0.1, -0.05) is 17.7 Å². The van der Waals surface area contributed by atoms with E-state index in [4.69, 9.17) is 4.42 Å². The minimum absolute atomic E-state index is 0.0766. The highest BCUT2D eigenvalue weighted by Crippen LogP contribution is 2.27. The Morgan fingerprint density at radius 3 is 2.33 bits per heavy atom. The first-order valence-corrected chi connectivity index (χ1v) is 10.9. The number of hydrogen-bond donors (Lipinski definition) is 0. The van der Waals surface area contributed by atoms with Crippen LogP contribution in [-0.4, -0.2) is 49.3 Å². The maximum Gasteiger partial charge on any atom is 0.406 e. The van der Waals surface area contributed by atoms with Gasteiger partial charge in [-0.25, -0.2) is 8.42 Å². The van der Waals surface area contributed by atoms with Gasteiger partial charge in [-0.05, 0) is 44.0 Å². The molecule has 10 heteroatoms. The molecule has 1 saturated heterocycles. The smallest absolute Gasteiger partial charge is 0.406 e. The van der Waals surface area contributed by atoms with E-state index in [9.17, 15) is 26.4 Å². The quantitative estimate of drug-likeness (QED) is 0.683. The molecule has 0 atom stereocenters.